The summed E-state index contributed by atoms with van der Waals surface area (Å²) in [6.45, 7) is 0.860. The normalized spacial score (nSPS) is 18.3. The van der Waals surface area contributed by atoms with Gasteiger partial charge in [-0.05, 0) is 18.1 Å². The molecule has 1 aromatic heterocycles. The van der Waals surface area contributed by atoms with Crippen molar-refractivity contribution in [3.63, 3.8) is 0 Å². The van der Waals surface area contributed by atoms with Crippen LogP contribution in [0.25, 0.3) is 10.9 Å². The summed E-state index contributed by atoms with van der Waals surface area (Å²) in [6, 6.07) is 8.11. The number of amides is 1. The lowest BCUT2D eigenvalue weighted by Crippen LogP contribution is -2.48. The van der Waals surface area contributed by atoms with Gasteiger partial charge in [0.25, 0.3) is 0 Å². The number of morpholine rings is 1. The standard InChI is InChI=1S/C17H20N2O4/c1-18-10-12(13-4-2-3-5-14(13)18)6-7-16(20)19-8-9-23-15(11-19)17(21)22/h2-5,10,15H,6-9,11H2,1H3,(H,21,22)/t15-/m0/s1. The van der Waals surface area contributed by atoms with Crippen molar-refractivity contribution in [2.75, 3.05) is 19.7 Å². The van der Waals surface area contributed by atoms with E-state index in [1.54, 1.807) is 4.90 Å². The molecular weight excluding hydrogens is 296 g/mol. The summed E-state index contributed by atoms with van der Waals surface area (Å²) in [5, 5.41) is 10.2. The Hall–Kier alpha value is -2.34. The Balaban J connectivity index is 1.65. The van der Waals surface area contributed by atoms with Gasteiger partial charge in [-0.25, -0.2) is 4.79 Å². The topological polar surface area (TPSA) is 71.8 Å². The van der Waals surface area contributed by atoms with Crippen LogP contribution in [0.1, 0.15) is 12.0 Å². The number of benzene rings is 1. The van der Waals surface area contributed by atoms with E-state index < -0.39 is 12.1 Å². The smallest absolute Gasteiger partial charge is 0.334 e. The average molecular weight is 316 g/mol. The van der Waals surface area contributed by atoms with Gasteiger partial charge in [-0.3, -0.25) is 4.79 Å². The third kappa shape index (κ3) is 3.22. The predicted molar refractivity (Wildman–Crippen MR) is 85.2 cm³/mol. The lowest BCUT2D eigenvalue weighted by molar-refractivity contribution is -0.159. The highest BCUT2D eigenvalue weighted by Gasteiger charge is 2.28. The molecular formula is C17H20N2O4. The first-order chi connectivity index (χ1) is 11.1. The van der Waals surface area contributed by atoms with Crippen LogP contribution in [0.5, 0.6) is 0 Å². The van der Waals surface area contributed by atoms with Crippen molar-refractivity contribution < 1.29 is 19.4 Å². The minimum Gasteiger partial charge on any atom is -0.479 e. The van der Waals surface area contributed by atoms with Crippen molar-refractivity contribution >= 4 is 22.8 Å². The Morgan fingerprint density at radius 3 is 2.91 bits per heavy atom. The van der Waals surface area contributed by atoms with E-state index in [4.69, 9.17) is 9.84 Å². The number of carboxylic acids is 1. The maximum atomic E-state index is 12.4. The van der Waals surface area contributed by atoms with E-state index in [0.29, 0.717) is 19.4 Å². The first kappa shape index (κ1) is 15.6. The van der Waals surface area contributed by atoms with Crippen LogP contribution in [0.4, 0.5) is 0 Å². The number of ether oxygens (including phenoxy) is 1. The molecule has 1 fully saturated rings. The van der Waals surface area contributed by atoms with Crippen molar-refractivity contribution in [3.05, 3.63) is 36.0 Å². The van der Waals surface area contributed by atoms with Gasteiger partial charge < -0.3 is 19.3 Å². The fourth-order valence-corrected chi connectivity index (χ4v) is 3.05. The van der Waals surface area contributed by atoms with Gasteiger partial charge in [0.05, 0.1) is 13.2 Å². The molecule has 0 unspecified atom stereocenters. The van der Waals surface area contributed by atoms with Crippen LogP contribution in [0.2, 0.25) is 0 Å². The highest BCUT2D eigenvalue weighted by atomic mass is 16.5. The fraction of sp³-hybridized carbons (Fsp3) is 0.412. The van der Waals surface area contributed by atoms with E-state index in [1.165, 1.54) is 0 Å². The van der Waals surface area contributed by atoms with Crippen LogP contribution in [0.3, 0.4) is 0 Å². The number of para-hydroxylation sites is 1. The number of aryl methyl sites for hydroxylation is 2. The molecule has 1 aromatic carbocycles. The Bertz CT molecular complexity index is 737. The molecule has 1 atom stereocenters. The fourth-order valence-electron chi connectivity index (χ4n) is 3.05. The number of rotatable bonds is 4. The van der Waals surface area contributed by atoms with Gasteiger partial charge in [0, 0.05) is 37.1 Å². The van der Waals surface area contributed by atoms with E-state index in [2.05, 4.69) is 22.9 Å². The Morgan fingerprint density at radius 1 is 1.35 bits per heavy atom. The Kier molecular flexibility index (Phi) is 4.34. The van der Waals surface area contributed by atoms with E-state index in [9.17, 15) is 9.59 Å². The molecule has 23 heavy (non-hydrogen) atoms. The van der Waals surface area contributed by atoms with E-state index in [1.807, 2.05) is 19.2 Å². The van der Waals surface area contributed by atoms with Gasteiger partial charge in [0.15, 0.2) is 6.10 Å². The number of fused-ring (bicyclic) bond motifs is 1. The van der Waals surface area contributed by atoms with Gasteiger partial charge >= 0.3 is 5.97 Å². The summed E-state index contributed by atoms with van der Waals surface area (Å²) >= 11 is 0. The maximum absolute atomic E-state index is 12.4. The summed E-state index contributed by atoms with van der Waals surface area (Å²) in [5.74, 6) is -1.04. The van der Waals surface area contributed by atoms with Crippen molar-refractivity contribution in [1.29, 1.82) is 0 Å². The number of carbonyl (C=O) groups is 2. The number of carbonyl (C=O) groups excluding carboxylic acids is 1. The van der Waals surface area contributed by atoms with Gasteiger partial charge in [-0.15, -0.1) is 0 Å². The Morgan fingerprint density at radius 2 is 2.13 bits per heavy atom. The number of hydrogen-bond donors (Lipinski definition) is 1. The van der Waals surface area contributed by atoms with Crippen molar-refractivity contribution in [2.45, 2.75) is 18.9 Å². The molecule has 6 heteroatoms. The van der Waals surface area contributed by atoms with Gasteiger partial charge in [-0.2, -0.15) is 0 Å². The van der Waals surface area contributed by atoms with Gasteiger partial charge in [-0.1, -0.05) is 18.2 Å². The summed E-state index contributed by atoms with van der Waals surface area (Å²) in [7, 11) is 1.99. The van der Waals surface area contributed by atoms with Crippen molar-refractivity contribution in [1.82, 2.24) is 9.47 Å². The maximum Gasteiger partial charge on any atom is 0.334 e. The Labute approximate surface area is 134 Å². The SMILES string of the molecule is Cn1cc(CCC(=O)N2CCO[C@H](C(=O)O)C2)c2ccccc21. The summed E-state index contributed by atoms with van der Waals surface area (Å²) in [5.41, 5.74) is 2.28. The van der Waals surface area contributed by atoms with Crippen LogP contribution in [-0.4, -0.2) is 52.3 Å². The zero-order valence-corrected chi connectivity index (χ0v) is 13.1. The van der Waals surface area contributed by atoms with Crippen molar-refractivity contribution in [2.24, 2.45) is 7.05 Å². The second-order valence-corrected chi connectivity index (χ2v) is 5.82. The molecule has 0 spiro atoms. The summed E-state index contributed by atoms with van der Waals surface area (Å²) in [4.78, 5) is 24.9. The van der Waals surface area contributed by atoms with Crippen LogP contribution >= 0.6 is 0 Å². The number of aromatic nitrogens is 1. The molecule has 3 rings (SSSR count). The van der Waals surface area contributed by atoms with Crippen LogP contribution in [-0.2, 0) is 27.8 Å². The molecule has 2 aromatic rings. The van der Waals surface area contributed by atoms with E-state index >= 15 is 0 Å². The van der Waals surface area contributed by atoms with E-state index in [0.717, 1.165) is 16.5 Å². The average Bonchev–Trinajstić information content (AvgIpc) is 2.89. The molecule has 1 aliphatic rings. The molecule has 0 saturated carbocycles. The molecule has 1 amide bonds. The third-order valence-electron chi connectivity index (χ3n) is 4.28. The minimum absolute atomic E-state index is 0.0208. The first-order valence-electron chi connectivity index (χ1n) is 7.71. The molecule has 0 bridgehead atoms. The predicted octanol–water partition coefficient (Wildman–Crippen LogP) is 1.42. The second kappa shape index (κ2) is 6.42. The summed E-state index contributed by atoms with van der Waals surface area (Å²) in [6.07, 6.45) is 2.16. The van der Waals surface area contributed by atoms with Crippen molar-refractivity contribution in [3.8, 4) is 0 Å². The van der Waals surface area contributed by atoms with Crippen LogP contribution < -0.4 is 0 Å². The number of hydrogen-bond acceptors (Lipinski definition) is 3. The third-order valence-corrected chi connectivity index (χ3v) is 4.28. The van der Waals surface area contributed by atoms with Crippen LogP contribution in [0.15, 0.2) is 30.5 Å². The second-order valence-electron chi connectivity index (χ2n) is 5.82. The molecule has 1 saturated heterocycles. The van der Waals surface area contributed by atoms with E-state index in [-0.39, 0.29) is 19.1 Å². The van der Waals surface area contributed by atoms with Gasteiger partial charge in [0.2, 0.25) is 5.91 Å². The highest BCUT2D eigenvalue weighted by Crippen LogP contribution is 2.22. The first-order valence-corrected chi connectivity index (χ1v) is 7.71. The van der Waals surface area contributed by atoms with Gasteiger partial charge in [0.1, 0.15) is 0 Å². The molecule has 0 radical (unpaired) electrons. The zero-order valence-electron chi connectivity index (χ0n) is 13.1. The lowest BCUT2D eigenvalue weighted by atomic mass is 10.1. The number of aliphatic carboxylic acids is 1. The number of nitrogens with zero attached hydrogens (tertiary/aromatic N) is 2. The number of carboxylic acid groups (broad SMARTS) is 1. The largest absolute Gasteiger partial charge is 0.479 e. The summed E-state index contributed by atoms with van der Waals surface area (Å²) < 4.78 is 7.21. The monoisotopic (exact) mass is 316 g/mol. The zero-order chi connectivity index (χ0) is 16.4. The quantitative estimate of drug-likeness (QED) is 0.926. The minimum atomic E-state index is -1.02. The molecule has 6 nitrogen and oxygen atoms in total. The van der Waals surface area contributed by atoms with Crippen LogP contribution in [0, 0.1) is 0 Å². The molecule has 1 aliphatic heterocycles. The molecule has 0 aliphatic carbocycles. The molecule has 2 heterocycles. The molecule has 1 N–H and O–H groups in total. The highest BCUT2D eigenvalue weighted by molar-refractivity contribution is 5.85. The lowest BCUT2D eigenvalue weighted by Gasteiger charge is -2.30. The molecule has 122 valence electrons.